The van der Waals surface area contributed by atoms with E-state index in [4.69, 9.17) is 0 Å². The molecule has 0 aromatic carbocycles. The second-order valence-corrected chi connectivity index (χ2v) is 11.5. The second-order valence-electron chi connectivity index (χ2n) is 11.5. The summed E-state index contributed by atoms with van der Waals surface area (Å²) in [7, 11) is 0. The van der Waals surface area contributed by atoms with Gasteiger partial charge in [-0.25, -0.2) is 0 Å². The van der Waals surface area contributed by atoms with Crippen molar-refractivity contribution >= 4 is 17.7 Å². The van der Waals surface area contributed by atoms with Gasteiger partial charge >= 0.3 is 0 Å². The summed E-state index contributed by atoms with van der Waals surface area (Å²) in [6, 6.07) is 0. The SMILES string of the molecule is CCC(C)(CC(C)(CC(C)(CC)C(=O)NCN(CO)CCO)C(=O)NCN(CO)CCO)C(=O)NCN(CO)CCO. The van der Waals surface area contributed by atoms with Crippen LogP contribution >= 0.6 is 0 Å². The summed E-state index contributed by atoms with van der Waals surface area (Å²) in [5.74, 6) is -1.15. The third-order valence-electron chi connectivity index (χ3n) is 8.00. The maximum Gasteiger partial charge on any atom is 0.227 e. The van der Waals surface area contributed by atoms with Gasteiger partial charge in [-0.1, -0.05) is 34.6 Å². The van der Waals surface area contributed by atoms with Crippen LogP contribution in [0.4, 0.5) is 0 Å². The molecule has 0 rings (SSSR count). The lowest BCUT2D eigenvalue weighted by atomic mass is 9.63. The van der Waals surface area contributed by atoms with Gasteiger partial charge in [-0.3, -0.25) is 29.1 Å². The van der Waals surface area contributed by atoms with Crippen molar-refractivity contribution in [1.29, 1.82) is 0 Å². The minimum Gasteiger partial charge on any atom is -0.395 e. The highest BCUT2D eigenvalue weighted by Gasteiger charge is 2.48. The monoisotopic (exact) mass is 608 g/mol. The Morgan fingerprint density at radius 3 is 1.00 bits per heavy atom. The van der Waals surface area contributed by atoms with E-state index in [1.807, 2.05) is 13.8 Å². The minimum absolute atomic E-state index is 0.00864. The normalized spacial score (nSPS) is 16.1. The summed E-state index contributed by atoms with van der Waals surface area (Å²) in [6.45, 7) is 7.40. The summed E-state index contributed by atoms with van der Waals surface area (Å²) in [4.78, 5) is 45.0. The third kappa shape index (κ3) is 12.7. The summed E-state index contributed by atoms with van der Waals surface area (Å²) >= 11 is 0. The average Bonchev–Trinajstić information content (AvgIpc) is 2.98. The molecule has 0 spiro atoms. The predicted molar refractivity (Wildman–Crippen MR) is 156 cm³/mol. The highest BCUT2D eigenvalue weighted by Crippen LogP contribution is 2.45. The number of nitrogens with one attached hydrogen (secondary N) is 3. The van der Waals surface area contributed by atoms with E-state index in [-0.39, 0.29) is 97.6 Å². The number of nitrogens with zero attached hydrogens (tertiary/aromatic N) is 3. The van der Waals surface area contributed by atoms with Crippen LogP contribution in [0, 0.1) is 16.2 Å². The van der Waals surface area contributed by atoms with E-state index in [0.29, 0.717) is 12.8 Å². The molecule has 0 aliphatic carbocycles. The van der Waals surface area contributed by atoms with E-state index >= 15 is 0 Å². The lowest BCUT2D eigenvalue weighted by molar-refractivity contribution is -0.143. The van der Waals surface area contributed by atoms with Crippen molar-refractivity contribution in [1.82, 2.24) is 30.7 Å². The first-order chi connectivity index (χ1) is 19.8. The molecular formula is C27H56N6O9. The number of amides is 3. The van der Waals surface area contributed by atoms with Crippen LogP contribution < -0.4 is 16.0 Å². The number of carbonyl (C=O) groups is 3. The van der Waals surface area contributed by atoms with Gasteiger partial charge in [0.25, 0.3) is 0 Å². The Morgan fingerprint density at radius 1 is 0.524 bits per heavy atom. The molecule has 2 unspecified atom stereocenters. The molecular weight excluding hydrogens is 552 g/mol. The topological polar surface area (TPSA) is 218 Å². The molecule has 15 nitrogen and oxygen atoms in total. The summed E-state index contributed by atoms with van der Waals surface area (Å²) in [6.07, 6.45) is 0.830. The summed E-state index contributed by atoms with van der Waals surface area (Å²) in [5.41, 5.74) is -3.38. The molecule has 2 atom stereocenters. The first kappa shape index (κ1) is 40.1. The van der Waals surface area contributed by atoms with E-state index in [1.165, 1.54) is 14.7 Å². The fraction of sp³-hybridized carbons (Fsp3) is 0.889. The van der Waals surface area contributed by atoms with Crippen molar-refractivity contribution in [3.63, 3.8) is 0 Å². The molecule has 248 valence electrons. The Hall–Kier alpha value is -1.95. The standard InChI is InChI=1S/C27H56N6O9/c1-6-25(3,22(40)28-16-31(19-37)8-11-34)14-27(5,24(42)30-18-33(21-39)10-13-36)15-26(4,7-2)23(41)29-17-32(20-38)9-12-35/h34-39H,6-21H2,1-5H3,(H,28,40)(H,29,41)(H,30,42). The highest BCUT2D eigenvalue weighted by molar-refractivity contribution is 5.88. The first-order valence-electron chi connectivity index (χ1n) is 14.5. The molecule has 9 N–H and O–H groups in total. The number of rotatable bonds is 24. The molecule has 0 aliphatic heterocycles. The van der Waals surface area contributed by atoms with Gasteiger partial charge in [-0.05, 0) is 25.7 Å². The van der Waals surface area contributed by atoms with E-state index in [2.05, 4.69) is 16.0 Å². The van der Waals surface area contributed by atoms with Gasteiger partial charge in [0.15, 0.2) is 0 Å². The van der Waals surface area contributed by atoms with Crippen molar-refractivity contribution in [2.24, 2.45) is 16.2 Å². The maximum atomic E-state index is 13.8. The van der Waals surface area contributed by atoms with Crippen LogP contribution in [-0.2, 0) is 14.4 Å². The van der Waals surface area contributed by atoms with Crippen LogP contribution in [0.5, 0.6) is 0 Å². The van der Waals surface area contributed by atoms with Gasteiger partial charge in [0.1, 0.15) is 0 Å². The molecule has 15 heteroatoms. The highest BCUT2D eigenvalue weighted by atomic mass is 16.3. The van der Waals surface area contributed by atoms with Crippen LogP contribution in [0.3, 0.4) is 0 Å². The number of hydrogen-bond acceptors (Lipinski definition) is 12. The van der Waals surface area contributed by atoms with Gasteiger partial charge in [0.05, 0.1) is 60.0 Å². The lowest BCUT2D eigenvalue weighted by Gasteiger charge is -2.42. The van der Waals surface area contributed by atoms with Crippen molar-refractivity contribution in [2.75, 3.05) is 79.7 Å². The zero-order valence-electron chi connectivity index (χ0n) is 26.1. The van der Waals surface area contributed by atoms with Gasteiger partial charge in [-0.2, -0.15) is 0 Å². The molecule has 0 aromatic rings. The molecule has 0 saturated heterocycles. The molecule has 0 heterocycles. The Morgan fingerprint density at radius 2 is 0.786 bits per heavy atom. The smallest absolute Gasteiger partial charge is 0.227 e. The van der Waals surface area contributed by atoms with Gasteiger partial charge < -0.3 is 46.6 Å². The number of aliphatic hydroxyl groups is 6. The zero-order chi connectivity index (χ0) is 32.4. The fourth-order valence-electron chi connectivity index (χ4n) is 4.89. The van der Waals surface area contributed by atoms with Crippen molar-refractivity contribution < 1.29 is 45.0 Å². The van der Waals surface area contributed by atoms with Crippen LogP contribution in [0.1, 0.15) is 60.3 Å². The van der Waals surface area contributed by atoms with Crippen molar-refractivity contribution in [3.8, 4) is 0 Å². The number of hydrogen-bond donors (Lipinski definition) is 9. The quantitative estimate of drug-likeness (QED) is 0.0522. The lowest BCUT2D eigenvalue weighted by Crippen LogP contribution is -2.53. The Kier molecular flexibility index (Phi) is 19.2. The molecule has 0 fully saturated rings. The molecule has 3 amide bonds. The van der Waals surface area contributed by atoms with E-state index in [9.17, 15) is 45.0 Å². The minimum atomic E-state index is -1.26. The predicted octanol–water partition coefficient (Wildman–Crippen LogP) is -2.44. The first-order valence-corrected chi connectivity index (χ1v) is 14.5. The zero-order valence-corrected chi connectivity index (χ0v) is 26.1. The molecule has 0 aromatic heterocycles. The Balaban J connectivity index is 6.22. The van der Waals surface area contributed by atoms with Crippen LogP contribution in [0.2, 0.25) is 0 Å². The van der Waals surface area contributed by atoms with Crippen LogP contribution in [0.25, 0.3) is 0 Å². The van der Waals surface area contributed by atoms with Crippen molar-refractivity contribution in [3.05, 3.63) is 0 Å². The van der Waals surface area contributed by atoms with E-state index in [0.717, 1.165) is 0 Å². The summed E-state index contributed by atoms with van der Waals surface area (Å²) in [5, 5.41) is 64.5. The van der Waals surface area contributed by atoms with Gasteiger partial charge in [0.2, 0.25) is 17.7 Å². The van der Waals surface area contributed by atoms with E-state index in [1.54, 1.807) is 20.8 Å². The van der Waals surface area contributed by atoms with Crippen LogP contribution in [-0.4, -0.2) is 143 Å². The molecule has 0 radical (unpaired) electrons. The number of carbonyl (C=O) groups excluding carboxylic acids is 3. The second kappa shape index (κ2) is 20.1. The van der Waals surface area contributed by atoms with Crippen molar-refractivity contribution in [2.45, 2.75) is 60.3 Å². The third-order valence-corrected chi connectivity index (χ3v) is 8.00. The Labute approximate surface area is 249 Å². The fourth-order valence-corrected chi connectivity index (χ4v) is 4.89. The average molecular weight is 609 g/mol. The Bertz CT molecular complexity index is 762. The number of aliphatic hydroxyl groups excluding tert-OH is 6. The summed E-state index contributed by atoms with van der Waals surface area (Å²) < 4.78 is 0. The van der Waals surface area contributed by atoms with Gasteiger partial charge in [-0.15, -0.1) is 0 Å². The van der Waals surface area contributed by atoms with Crippen LogP contribution in [0.15, 0.2) is 0 Å². The maximum absolute atomic E-state index is 13.8. The van der Waals surface area contributed by atoms with Gasteiger partial charge in [0, 0.05) is 35.9 Å². The molecule has 0 saturated carbocycles. The molecule has 42 heavy (non-hydrogen) atoms. The van der Waals surface area contributed by atoms with E-state index < -0.39 is 28.9 Å². The largest absolute Gasteiger partial charge is 0.395 e. The molecule has 0 aliphatic rings. The molecule has 0 bridgehead atoms.